The third-order valence-electron chi connectivity index (χ3n) is 4.12. The molecule has 0 spiro atoms. The number of aromatic nitrogens is 4. The maximum Gasteiger partial charge on any atom is 0.433 e. The Morgan fingerprint density at radius 1 is 0.719 bits per heavy atom. The highest BCUT2D eigenvalue weighted by molar-refractivity contribution is 5.54. The molecule has 0 aliphatic carbocycles. The lowest BCUT2D eigenvalue weighted by atomic mass is 10.2. The van der Waals surface area contributed by atoms with Crippen molar-refractivity contribution >= 4 is 11.9 Å². The normalized spacial score (nSPS) is 14.7. The van der Waals surface area contributed by atoms with Crippen LogP contribution in [0.4, 0.5) is 51.4 Å². The molecule has 2 aromatic heterocycles. The van der Waals surface area contributed by atoms with E-state index in [4.69, 9.17) is 0 Å². The van der Waals surface area contributed by atoms with Crippen molar-refractivity contribution in [3.05, 3.63) is 23.9 Å². The van der Waals surface area contributed by atoms with E-state index in [1.807, 2.05) is 10.6 Å². The van der Waals surface area contributed by atoms with Gasteiger partial charge in [-0.25, -0.2) is 4.98 Å². The Balaban J connectivity index is 2.56. The van der Waals surface area contributed by atoms with Crippen LogP contribution in [0.15, 0.2) is 18.2 Å². The predicted molar refractivity (Wildman–Crippen MR) is 95.6 cm³/mol. The highest BCUT2D eigenvalue weighted by atomic mass is 19.4. The quantitative estimate of drug-likeness (QED) is 0.517. The Hall–Kier alpha value is -2.87. The van der Waals surface area contributed by atoms with Crippen molar-refractivity contribution in [2.45, 2.75) is 57.3 Å². The molecule has 0 saturated carbocycles. The summed E-state index contributed by atoms with van der Waals surface area (Å²) < 4.78 is 117. The van der Waals surface area contributed by atoms with E-state index in [-0.39, 0.29) is 0 Å². The first-order valence-electron chi connectivity index (χ1n) is 9.12. The van der Waals surface area contributed by atoms with Gasteiger partial charge in [0.2, 0.25) is 11.9 Å². The second-order valence-electron chi connectivity index (χ2n) is 6.51. The van der Waals surface area contributed by atoms with Gasteiger partial charge in [-0.15, -0.1) is 0 Å². The number of rotatable bonds is 7. The summed E-state index contributed by atoms with van der Waals surface area (Å²) in [4.78, 5) is 14.1. The first-order chi connectivity index (χ1) is 14.6. The van der Waals surface area contributed by atoms with Crippen LogP contribution in [-0.4, -0.2) is 44.4 Å². The van der Waals surface area contributed by atoms with Crippen LogP contribution in [0.25, 0.3) is 11.5 Å². The van der Waals surface area contributed by atoms with Crippen molar-refractivity contribution in [1.82, 2.24) is 19.9 Å². The zero-order chi connectivity index (χ0) is 24.3. The van der Waals surface area contributed by atoms with Gasteiger partial charge < -0.3 is 10.6 Å². The average Bonchev–Trinajstić information content (AvgIpc) is 2.67. The van der Waals surface area contributed by atoms with Crippen LogP contribution in [0.3, 0.4) is 0 Å². The fourth-order valence-electron chi connectivity index (χ4n) is 2.48. The number of hydrogen-bond donors (Lipinski definition) is 2. The first-order valence-corrected chi connectivity index (χ1v) is 9.12. The number of hydrogen-bond acceptors (Lipinski definition) is 6. The summed E-state index contributed by atoms with van der Waals surface area (Å²) in [5.41, 5.74) is -1.86. The molecule has 0 fully saturated rings. The Morgan fingerprint density at radius 3 is 1.56 bits per heavy atom. The summed E-state index contributed by atoms with van der Waals surface area (Å²) >= 11 is 0. The van der Waals surface area contributed by atoms with Crippen LogP contribution >= 0.6 is 0 Å². The van der Waals surface area contributed by atoms with Gasteiger partial charge in [0.15, 0.2) is 5.82 Å². The molecule has 2 rings (SSSR count). The maximum atomic E-state index is 13.1. The van der Waals surface area contributed by atoms with Gasteiger partial charge in [0, 0.05) is 0 Å². The Morgan fingerprint density at radius 2 is 1.19 bits per heavy atom. The molecule has 0 unspecified atom stereocenters. The fraction of sp³-hybridized carbons (Fsp3) is 0.529. The van der Waals surface area contributed by atoms with Gasteiger partial charge in [0.25, 0.3) is 0 Å². The first kappa shape index (κ1) is 25.4. The van der Waals surface area contributed by atoms with Gasteiger partial charge >= 0.3 is 18.5 Å². The number of anilines is 2. The third kappa shape index (κ3) is 6.56. The van der Waals surface area contributed by atoms with Gasteiger partial charge in [0.05, 0.1) is 0 Å². The summed E-state index contributed by atoms with van der Waals surface area (Å²) in [5.74, 6) is -2.21. The zero-order valence-corrected chi connectivity index (χ0v) is 16.5. The molecule has 0 radical (unpaired) electrons. The number of pyridine rings is 1. The molecule has 2 atom stereocenters. The van der Waals surface area contributed by atoms with Crippen molar-refractivity contribution in [3.63, 3.8) is 0 Å². The van der Waals surface area contributed by atoms with Crippen LogP contribution < -0.4 is 10.6 Å². The Labute approximate surface area is 175 Å². The predicted octanol–water partition coefficient (Wildman–Crippen LogP) is 5.46. The van der Waals surface area contributed by atoms with Crippen LogP contribution in [-0.2, 0) is 6.18 Å². The average molecular weight is 476 g/mol. The number of nitrogens with one attached hydrogen (secondary N) is 2. The molecule has 6 nitrogen and oxygen atoms in total. The molecule has 15 heteroatoms. The molecule has 0 aliphatic rings. The van der Waals surface area contributed by atoms with Gasteiger partial charge in [-0.05, 0) is 25.0 Å². The molecule has 2 heterocycles. The Bertz CT molecular complexity index is 868. The SMILES string of the molecule is CC[C@H](Nc1nc(N[C@@H](CC)C(F)(F)F)nc(-c2cccc(C(F)(F)F)n2)n1)C(F)(F)F. The van der Waals surface area contributed by atoms with E-state index < -0.39 is 72.6 Å². The summed E-state index contributed by atoms with van der Waals surface area (Å²) in [5, 5.41) is 3.87. The lowest BCUT2D eigenvalue weighted by Gasteiger charge is -2.22. The van der Waals surface area contributed by atoms with E-state index in [2.05, 4.69) is 19.9 Å². The second-order valence-corrected chi connectivity index (χ2v) is 6.51. The van der Waals surface area contributed by atoms with Crippen molar-refractivity contribution in [3.8, 4) is 11.5 Å². The van der Waals surface area contributed by atoms with Crippen LogP contribution in [0.1, 0.15) is 32.4 Å². The minimum atomic E-state index is -4.85. The van der Waals surface area contributed by atoms with Gasteiger partial charge in [0.1, 0.15) is 23.5 Å². The standard InChI is InChI=1S/C17H17F9N6/c1-3-9(15(18,19)20)28-13-30-12(8-6-5-7-11(27-8)17(24,25)26)31-14(32-13)29-10(4-2)16(21,22)23/h5-7,9-10H,3-4H2,1-2H3,(H2,28,29,30,31,32)/t9-,10-/m0/s1. The molecule has 0 amide bonds. The van der Waals surface area contributed by atoms with E-state index >= 15 is 0 Å². The monoisotopic (exact) mass is 476 g/mol. The summed E-state index contributed by atoms with van der Waals surface area (Å²) in [7, 11) is 0. The van der Waals surface area contributed by atoms with E-state index in [1.54, 1.807) is 0 Å². The molecule has 32 heavy (non-hydrogen) atoms. The zero-order valence-electron chi connectivity index (χ0n) is 16.5. The lowest BCUT2D eigenvalue weighted by molar-refractivity contribution is -0.143. The molecule has 0 aromatic carbocycles. The van der Waals surface area contributed by atoms with Gasteiger partial charge in [-0.1, -0.05) is 19.9 Å². The number of halogens is 9. The minimum Gasteiger partial charge on any atom is -0.342 e. The molecule has 0 saturated heterocycles. The molecule has 2 N–H and O–H groups in total. The fourth-order valence-corrected chi connectivity index (χ4v) is 2.48. The summed E-state index contributed by atoms with van der Waals surface area (Å²) in [6.45, 7) is 2.38. The van der Waals surface area contributed by atoms with Crippen LogP contribution in [0, 0.1) is 0 Å². The number of alkyl halides is 9. The molecule has 2 aromatic rings. The largest absolute Gasteiger partial charge is 0.433 e. The molecular formula is C17H17F9N6. The van der Waals surface area contributed by atoms with Gasteiger partial charge in [-0.3, -0.25) is 0 Å². The van der Waals surface area contributed by atoms with Crippen LogP contribution in [0.2, 0.25) is 0 Å². The Kier molecular flexibility index (Phi) is 7.40. The summed E-state index contributed by atoms with van der Waals surface area (Å²) in [6.07, 6.45) is -15.3. The van der Waals surface area contributed by atoms with E-state index in [0.717, 1.165) is 12.1 Å². The van der Waals surface area contributed by atoms with E-state index in [9.17, 15) is 39.5 Å². The lowest BCUT2D eigenvalue weighted by Crippen LogP contribution is -2.37. The molecular weight excluding hydrogens is 459 g/mol. The van der Waals surface area contributed by atoms with Gasteiger partial charge in [-0.2, -0.15) is 54.5 Å². The maximum absolute atomic E-state index is 13.1. The van der Waals surface area contributed by atoms with Crippen molar-refractivity contribution in [1.29, 1.82) is 0 Å². The van der Waals surface area contributed by atoms with Crippen LogP contribution in [0.5, 0.6) is 0 Å². The third-order valence-corrected chi connectivity index (χ3v) is 4.12. The summed E-state index contributed by atoms with van der Waals surface area (Å²) in [6, 6.07) is -1.71. The smallest absolute Gasteiger partial charge is 0.342 e. The number of nitrogens with zero attached hydrogens (tertiary/aromatic N) is 4. The van der Waals surface area contributed by atoms with Crippen molar-refractivity contribution in [2.24, 2.45) is 0 Å². The van der Waals surface area contributed by atoms with Crippen molar-refractivity contribution in [2.75, 3.05) is 10.6 Å². The molecule has 178 valence electrons. The second kappa shape index (κ2) is 9.32. The molecule has 0 bridgehead atoms. The highest BCUT2D eigenvalue weighted by Crippen LogP contribution is 2.30. The van der Waals surface area contributed by atoms with E-state index in [1.165, 1.54) is 13.8 Å². The minimum absolute atomic E-state index is 0.477. The topological polar surface area (TPSA) is 75.6 Å². The highest BCUT2D eigenvalue weighted by Gasteiger charge is 2.40. The van der Waals surface area contributed by atoms with E-state index in [0.29, 0.717) is 6.07 Å². The molecule has 0 aliphatic heterocycles. The van der Waals surface area contributed by atoms with Crippen molar-refractivity contribution < 1.29 is 39.5 Å².